The Morgan fingerprint density at radius 1 is 0.975 bits per heavy atom. The van der Waals surface area contributed by atoms with Crippen LogP contribution in [0.25, 0.3) is 0 Å². The number of amides is 1. The van der Waals surface area contributed by atoms with Gasteiger partial charge in [0.05, 0.1) is 23.1 Å². The number of likely N-dealkylation sites (tertiary alicyclic amines) is 1. The van der Waals surface area contributed by atoms with E-state index >= 15 is 0 Å². The van der Waals surface area contributed by atoms with Gasteiger partial charge >= 0.3 is 6.18 Å². The van der Waals surface area contributed by atoms with E-state index in [1.54, 1.807) is 47.8 Å². The lowest BCUT2D eigenvalue weighted by Crippen LogP contribution is -2.45. The van der Waals surface area contributed by atoms with E-state index in [1.165, 1.54) is 6.07 Å². The highest BCUT2D eigenvalue weighted by atomic mass is 32.2. The van der Waals surface area contributed by atoms with E-state index in [0.717, 1.165) is 28.3 Å². The lowest BCUT2D eigenvalue weighted by molar-refractivity contribution is -0.140. The predicted octanol–water partition coefficient (Wildman–Crippen LogP) is 3.73. The molecule has 2 aromatic heterocycles. The summed E-state index contributed by atoms with van der Waals surface area (Å²) in [5.74, 6) is 0.475. The van der Waals surface area contributed by atoms with Crippen molar-refractivity contribution in [3.05, 3.63) is 78.4 Å². The molecule has 0 aliphatic carbocycles. The maximum Gasteiger partial charge on any atom is 0.417 e. The summed E-state index contributed by atoms with van der Waals surface area (Å²) in [7, 11) is -4.54. The van der Waals surface area contributed by atoms with Crippen LogP contribution in [0.3, 0.4) is 0 Å². The first kappa shape index (κ1) is 28.1. The number of pyridine rings is 1. The Labute approximate surface area is 230 Å². The number of nitrogens with zero attached hydrogens (tertiary/aromatic N) is 4. The van der Waals surface area contributed by atoms with Crippen molar-refractivity contribution in [2.24, 2.45) is 0 Å². The molecule has 9 nitrogen and oxygen atoms in total. The third-order valence-electron chi connectivity index (χ3n) is 7.14. The second-order valence-corrected chi connectivity index (χ2v) is 11.5. The van der Waals surface area contributed by atoms with E-state index in [9.17, 15) is 26.4 Å². The van der Waals surface area contributed by atoms with Crippen molar-refractivity contribution in [3.63, 3.8) is 0 Å². The van der Waals surface area contributed by atoms with Crippen LogP contribution in [-0.2, 0) is 32.3 Å². The second-order valence-electron chi connectivity index (χ2n) is 9.65. The summed E-state index contributed by atoms with van der Waals surface area (Å²) in [6.07, 6.45) is 1.50. The monoisotopic (exact) mass is 578 g/mol. The number of hydrogen-bond donors (Lipinski definition) is 0. The fourth-order valence-electron chi connectivity index (χ4n) is 5.13. The number of fused-ring (bicyclic) bond motifs is 1. The van der Waals surface area contributed by atoms with Gasteiger partial charge in [-0.3, -0.25) is 9.78 Å². The maximum atomic E-state index is 13.7. The van der Waals surface area contributed by atoms with Gasteiger partial charge in [-0.15, -0.1) is 0 Å². The normalized spacial score (nSPS) is 18.9. The fourth-order valence-corrected chi connectivity index (χ4v) is 6.92. The number of benzene rings is 1. The van der Waals surface area contributed by atoms with E-state index in [4.69, 9.17) is 9.47 Å². The molecular weight excluding hydrogens is 549 g/mol. The number of halogens is 3. The fraction of sp³-hybridized carbons (Fsp3) is 0.407. The zero-order valence-corrected chi connectivity index (χ0v) is 22.4. The van der Waals surface area contributed by atoms with Crippen LogP contribution in [0.5, 0.6) is 5.75 Å². The molecule has 1 unspecified atom stereocenters. The molecule has 1 saturated heterocycles. The van der Waals surface area contributed by atoms with Crippen LogP contribution in [-0.4, -0.2) is 72.0 Å². The minimum atomic E-state index is -4.84. The van der Waals surface area contributed by atoms with E-state index in [-0.39, 0.29) is 38.3 Å². The molecule has 40 heavy (non-hydrogen) atoms. The maximum absolute atomic E-state index is 13.7. The number of aromatic nitrogens is 2. The quantitative estimate of drug-likeness (QED) is 0.405. The topological polar surface area (TPSA) is 94.0 Å². The largest absolute Gasteiger partial charge is 0.490 e. The molecule has 0 bridgehead atoms. The summed E-state index contributed by atoms with van der Waals surface area (Å²) in [6, 6.07) is 10.3. The molecule has 2 aliphatic heterocycles. The number of sulfonamides is 1. The van der Waals surface area contributed by atoms with Gasteiger partial charge in [0.25, 0.3) is 0 Å². The van der Waals surface area contributed by atoms with Crippen molar-refractivity contribution in [1.82, 2.24) is 18.8 Å². The first-order chi connectivity index (χ1) is 19.1. The van der Waals surface area contributed by atoms with Crippen molar-refractivity contribution in [3.8, 4) is 5.75 Å². The second kappa shape index (κ2) is 11.6. The van der Waals surface area contributed by atoms with Crippen LogP contribution >= 0.6 is 0 Å². The van der Waals surface area contributed by atoms with Crippen LogP contribution in [0.1, 0.15) is 30.1 Å². The molecular formula is C27H29F3N4O5S. The lowest BCUT2D eigenvalue weighted by Gasteiger charge is -2.36. The number of carbonyl (C=O) groups excluding carboxylic acids is 1. The van der Waals surface area contributed by atoms with Crippen LogP contribution < -0.4 is 4.74 Å². The smallest absolute Gasteiger partial charge is 0.417 e. The van der Waals surface area contributed by atoms with Crippen LogP contribution in [0, 0.1) is 0 Å². The molecule has 1 aromatic carbocycles. The molecule has 13 heteroatoms. The Bertz CT molecular complexity index is 1420. The third-order valence-corrected chi connectivity index (χ3v) is 9.11. The van der Waals surface area contributed by atoms with Crippen LogP contribution in [0.2, 0.25) is 0 Å². The van der Waals surface area contributed by atoms with Crippen LogP contribution in [0.4, 0.5) is 13.2 Å². The minimum absolute atomic E-state index is 0.0271. The van der Waals surface area contributed by atoms with Crippen molar-refractivity contribution in [2.45, 2.75) is 42.6 Å². The van der Waals surface area contributed by atoms with Gasteiger partial charge in [0.1, 0.15) is 18.5 Å². The zero-order valence-electron chi connectivity index (χ0n) is 21.5. The highest BCUT2D eigenvalue weighted by molar-refractivity contribution is 7.89. The molecule has 0 radical (unpaired) electrons. The molecule has 1 atom stereocenters. The number of rotatable bonds is 8. The molecule has 2 aliphatic rings. The highest BCUT2D eigenvalue weighted by Gasteiger charge is 2.42. The van der Waals surface area contributed by atoms with Gasteiger partial charge in [-0.2, -0.15) is 17.5 Å². The molecule has 3 aromatic rings. The van der Waals surface area contributed by atoms with Gasteiger partial charge in [-0.25, -0.2) is 8.42 Å². The molecule has 4 heterocycles. The molecule has 0 N–H and O–H groups in total. The van der Waals surface area contributed by atoms with Gasteiger partial charge in [-0.05, 0) is 36.4 Å². The Morgan fingerprint density at radius 2 is 1.70 bits per heavy atom. The summed E-state index contributed by atoms with van der Waals surface area (Å²) in [6.45, 7) is 0.744. The van der Waals surface area contributed by atoms with Crippen molar-refractivity contribution >= 4 is 15.9 Å². The van der Waals surface area contributed by atoms with Crippen molar-refractivity contribution < 1.29 is 35.9 Å². The average molecular weight is 579 g/mol. The minimum Gasteiger partial charge on any atom is -0.490 e. The third kappa shape index (κ3) is 6.01. The molecule has 0 spiro atoms. The van der Waals surface area contributed by atoms with Gasteiger partial charge in [0.15, 0.2) is 0 Å². The number of carbonyl (C=O) groups is 1. The molecule has 0 saturated carbocycles. The summed E-state index contributed by atoms with van der Waals surface area (Å²) in [5, 5.41) is 0. The van der Waals surface area contributed by atoms with Gasteiger partial charge in [0.2, 0.25) is 15.9 Å². The molecule has 5 rings (SSSR count). The van der Waals surface area contributed by atoms with E-state index in [0.29, 0.717) is 31.6 Å². The number of alkyl halides is 3. The van der Waals surface area contributed by atoms with Gasteiger partial charge < -0.3 is 18.9 Å². The molecule has 1 fully saturated rings. The zero-order chi connectivity index (χ0) is 28.3. The number of piperidine rings is 1. The molecule has 214 valence electrons. The highest BCUT2D eigenvalue weighted by Crippen LogP contribution is 2.38. The number of hydrogen-bond acceptors (Lipinski definition) is 6. The average Bonchev–Trinajstić information content (AvgIpc) is 3.43. The SMILES string of the molecule is O=C(COCC1c2cccn2CCN1S(=O)(=O)c1ccccc1C(F)(F)F)N1CCC(Oc2ccncc2)CC1. The van der Waals surface area contributed by atoms with E-state index < -0.39 is 32.7 Å². The first-order valence-corrected chi connectivity index (χ1v) is 14.3. The number of ether oxygens (including phenoxy) is 2. The summed E-state index contributed by atoms with van der Waals surface area (Å²) < 4.78 is 82.7. The van der Waals surface area contributed by atoms with Crippen molar-refractivity contribution in [1.29, 1.82) is 0 Å². The Kier molecular flexibility index (Phi) is 8.15. The summed E-state index contributed by atoms with van der Waals surface area (Å²) in [5.41, 5.74) is -0.636. The Morgan fingerprint density at radius 3 is 2.42 bits per heavy atom. The predicted molar refractivity (Wildman–Crippen MR) is 138 cm³/mol. The van der Waals surface area contributed by atoms with E-state index in [1.807, 2.05) is 4.57 Å². The molecule has 1 amide bonds. The Balaban J connectivity index is 1.24. The van der Waals surface area contributed by atoms with Crippen LogP contribution in [0.15, 0.2) is 72.0 Å². The van der Waals surface area contributed by atoms with Crippen molar-refractivity contribution in [2.75, 3.05) is 32.8 Å². The summed E-state index contributed by atoms with van der Waals surface area (Å²) >= 11 is 0. The Hall–Kier alpha value is -3.42. The van der Waals surface area contributed by atoms with Gasteiger partial charge in [-0.1, -0.05) is 12.1 Å². The van der Waals surface area contributed by atoms with Gasteiger partial charge in [0, 0.05) is 63.3 Å². The van der Waals surface area contributed by atoms with E-state index in [2.05, 4.69) is 4.98 Å². The first-order valence-electron chi connectivity index (χ1n) is 12.9. The summed E-state index contributed by atoms with van der Waals surface area (Å²) in [4.78, 5) is 17.7. The standard InChI is InChI=1S/C27H29F3N4O5S/c28-27(29,30)22-4-1-2-6-25(22)40(36,37)34-17-16-32-13-3-5-23(32)24(34)18-38-19-26(35)33-14-9-21(10-15-33)39-20-7-11-31-12-8-20/h1-8,11-13,21,24H,9-10,14-19H2. The lowest BCUT2D eigenvalue weighted by atomic mass is 10.1.